The van der Waals surface area contributed by atoms with Crippen LogP contribution in [0.5, 0.6) is 0 Å². The maximum Gasteiger partial charge on any atom is 0.194 e. The van der Waals surface area contributed by atoms with Gasteiger partial charge < -0.3 is 5.73 Å². The Morgan fingerprint density at radius 2 is 1.83 bits per heavy atom. The first-order valence-corrected chi connectivity index (χ1v) is 5.79. The van der Waals surface area contributed by atoms with E-state index in [0.717, 1.165) is 12.1 Å². The maximum absolute atomic E-state index is 13.6. The van der Waals surface area contributed by atoms with Crippen molar-refractivity contribution in [3.8, 4) is 0 Å². The van der Waals surface area contributed by atoms with E-state index in [9.17, 15) is 13.2 Å². The molecule has 2 aromatic rings. The van der Waals surface area contributed by atoms with Crippen molar-refractivity contribution in [3.63, 3.8) is 0 Å². The molecule has 2 N–H and O–H groups in total. The van der Waals surface area contributed by atoms with E-state index in [1.54, 1.807) is 6.07 Å². The average Bonchev–Trinajstić information content (AvgIpc) is 2.35. The molecule has 1 heterocycles. The Morgan fingerprint density at radius 3 is 2.50 bits per heavy atom. The lowest BCUT2D eigenvalue weighted by molar-refractivity contribution is 0.438. The van der Waals surface area contributed by atoms with E-state index in [4.69, 9.17) is 5.73 Å². The van der Waals surface area contributed by atoms with Gasteiger partial charge in [0.2, 0.25) is 0 Å². The van der Waals surface area contributed by atoms with Gasteiger partial charge in [-0.3, -0.25) is 4.98 Å². The van der Waals surface area contributed by atoms with Crippen LogP contribution in [-0.2, 0) is 0 Å². The Bertz CT molecular complexity index is 590. The third kappa shape index (κ3) is 2.39. The molecule has 0 saturated carbocycles. The zero-order valence-corrected chi connectivity index (χ0v) is 10.6. The summed E-state index contributed by atoms with van der Waals surface area (Å²) < 4.78 is 40.2. The third-order valence-electron chi connectivity index (χ3n) is 2.49. The summed E-state index contributed by atoms with van der Waals surface area (Å²) in [6.07, 6.45) is 2.98. The standard InChI is InChI=1S/C12H8BrF3N2/c13-7-3-6(4-18-5-7)12(17)8-1-2-9(14)11(16)10(8)15/h1-5,12H,17H2. The molecule has 2 rings (SSSR count). The van der Waals surface area contributed by atoms with E-state index in [2.05, 4.69) is 20.9 Å². The van der Waals surface area contributed by atoms with Crippen LogP contribution in [0.2, 0.25) is 0 Å². The molecule has 1 aromatic carbocycles. The molecule has 0 aliphatic carbocycles. The van der Waals surface area contributed by atoms with Crippen molar-refractivity contribution in [1.82, 2.24) is 4.98 Å². The second-order valence-corrected chi connectivity index (χ2v) is 4.59. The monoisotopic (exact) mass is 316 g/mol. The van der Waals surface area contributed by atoms with Crippen LogP contribution in [-0.4, -0.2) is 4.98 Å². The summed E-state index contributed by atoms with van der Waals surface area (Å²) in [5.41, 5.74) is 6.19. The van der Waals surface area contributed by atoms with Crippen LogP contribution < -0.4 is 5.73 Å². The number of benzene rings is 1. The molecule has 1 unspecified atom stereocenters. The van der Waals surface area contributed by atoms with Gasteiger partial charge in [0.15, 0.2) is 17.5 Å². The number of hydrogen-bond donors (Lipinski definition) is 1. The molecule has 0 bridgehead atoms. The highest BCUT2D eigenvalue weighted by Gasteiger charge is 2.19. The minimum atomic E-state index is -1.52. The van der Waals surface area contributed by atoms with Gasteiger partial charge in [0, 0.05) is 22.4 Å². The van der Waals surface area contributed by atoms with E-state index < -0.39 is 23.5 Å². The number of nitrogens with two attached hydrogens (primary N) is 1. The number of hydrogen-bond acceptors (Lipinski definition) is 2. The van der Waals surface area contributed by atoms with Gasteiger partial charge in [-0.2, -0.15) is 0 Å². The Morgan fingerprint density at radius 1 is 1.11 bits per heavy atom. The zero-order valence-electron chi connectivity index (χ0n) is 9.00. The van der Waals surface area contributed by atoms with Crippen LogP contribution in [0.3, 0.4) is 0 Å². The molecular formula is C12H8BrF3N2. The van der Waals surface area contributed by atoms with Gasteiger partial charge in [0.1, 0.15) is 0 Å². The van der Waals surface area contributed by atoms with E-state index in [1.807, 2.05) is 0 Å². The van der Waals surface area contributed by atoms with E-state index in [0.29, 0.717) is 10.0 Å². The van der Waals surface area contributed by atoms with Gasteiger partial charge in [-0.05, 0) is 33.6 Å². The number of halogens is 4. The van der Waals surface area contributed by atoms with Crippen LogP contribution in [0.15, 0.2) is 35.1 Å². The molecule has 1 atom stereocenters. The van der Waals surface area contributed by atoms with Gasteiger partial charge in [0.05, 0.1) is 6.04 Å². The molecule has 18 heavy (non-hydrogen) atoms. The van der Waals surface area contributed by atoms with Crippen molar-refractivity contribution in [2.24, 2.45) is 5.73 Å². The largest absolute Gasteiger partial charge is 0.320 e. The highest BCUT2D eigenvalue weighted by Crippen LogP contribution is 2.25. The maximum atomic E-state index is 13.6. The van der Waals surface area contributed by atoms with Crippen LogP contribution in [0.4, 0.5) is 13.2 Å². The molecule has 0 amide bonds. The lowest BCUT2D eigenvalue weighted by atomic mass is 10.0. The fourth-order valence-corrected chi connectivity index (χ4v) is 1.94. The Labute approximate surface area is 110 Å². The van der Waals surface area contributed by atoms with E-state index in [-0.39, 0.29) is 5.56 Å². The molecule has 0 aliphatic rings. The number of rotatable bonds is 2. The van der Waals surface area contributed by atoms with Crippen molar-refractivity contribution in [2.45, 2.75) is 6.04 Å². The lowest BCUT2D eigenvalue weighted by Gasteiger charge is -2.13. The molecule has 0 saturated heterocycles. The minimum absolute atomic E-state index is 0.117. The van der Waals surface area contributed by atoms with Gasteiger partial charge in [0.25, 0.3) is 0 Å². The molecule has 0 aliphatic heterocycles. The predicted molar refractivity (Wildman–Crippen MR) is 64.3 cm³/mol. The molecular weight excluding hydrogens is 309 g/mol. The highest BCUT2D eigenvalue weighted by molar-refractivity contribution is 9.10. The summed E-state index contributed by atoms with van der Waals surface area (Å²) in [5, 5.41) is 0. The summed E-state index contributed by atoms with van der Waals surface area (Å²) in [7, 11) is 0. The zero-order chi connectivity index (χ0) is 13.3. The van der Waals surface area contributed by atoms with Crippen LogP contribution in [0.25, 0.3) is 0 Å². The summed E-state index contributed by atoms with van der Waals surface area (Å²) in [6, 6.07) is 2.70. The van der Waals surface area contributed by atoms with Gasteiger partial charge in [-0.1, -0.05) is 6.07 Å². The molecule has 0 fully saturated rings. The second-order valence-electron chi connectivity index (χ2n) is 3.68. The first-order valence-electron chi connectivity index (χ1n) is 5.00. The van der Waals surface area contributed by atoms with E-state index in [1.165, 1.54) is 12.4 Å². The first kappa shape index (κ1) is 13.0. The van der Waals surface area contributed by atoms with Crippen molar-refractivity contribution >= 4 is 15.9 Å². The predicted octanol–water partition coefficient (Wildman–Crippen LogP) is 3.31. The molecule has 1 aromatic heterocycles. The highest BCUT2D eigenvalue weighted by atomic mass is 79.9. The summed E-state index contributed by atoms with van der Waals surface area (Å²) in [5.74, 6) is -4.04. The van der Waals surface area contributed by atoms with Crippen LogP contribution in [0.1, 0.15) is 17.2 Å². The summed E-state index contributed by atoms with van der Waals surface area (Å²) >= 11 is 3.20. The number of pyridine rings is 1. The van der Waals surface area contributed by atoms with Crippen LogP contribution in [0, 0.1) is 17.5 Å². The Kier molecular flexibility index (Phi) is 3.68. The second kappa shape index (κ2) is 5.07. The number of aromatic nitrogens is 1. The van der Waals surface area contributed by atoms with Crippen molar-refractivity contribution < 1.29 is 13.2 Å². The summed E-state index contributed by atoms with van der Waals surface area (Å²) in [6.45, 7) is 0. The minimum Gasteiger partial charge on any atom is -0.320 e. The smallest absolute Gasteiger partial charge is 0.194 e. The normalized spacial score (nSPS) is 12.5. The fraction of sp³-hybridized carbons (Fsp3) is 0.0833. The summed E-state index contributed by atoms with van der Waals surface area (Å²) in [4.78, 5) is 3.88. The average molecular weight is 317 g/mol. The molecule has 0 radical (unpaired) electrons. The quantitative estimate of drug-likeness (QED) is 0.863. The van der Waals surface area contributed by atoms with Crippen molar-refractivity contribution in [2.75, 3.05) is 0 Å². The van der Waals surface area contributed by atoms with Gasteiger partial charge in [-0.15, -0.1) is 0 Å². The van der Waals surface area contributed by atoms with Gasteiger partial charge >= 0.3 is 0 Å². The lowest BCUT2D eigenvalue weighted by Crippen LogP contribution is -2.15. The van der Waals surface area contributed by atoms with Crippen molar-refractivity contribution in [3.05, 3.63) is 63.6 Å². The molecule has 6 heteroatoms. The molecule has 94 valence electrons. The first-order chi connectivity index (χ1) is 8.50. The van der Waals surface area contributed by atoms with Crippen molar-refractivity contribution in [1.29, 1.82) is 0 Å². The van der Waals surface area contributed by atoms with E-state index >= 15 is 0 Å². The van der Waals surface area contributed by atoms with Gasteiger partial charge in [-0.25, -0.2) is 13.2 Å². The topological polar surface area (TPSA) is 38.9 Å². The SMILES string of the molecule is NC(c1cncc(Br)c1)c1ccc(F)c(F)c1F. The Balaban J connectivity index is 2.46. The van der Waals surface area contributed by atoms with Crippen LogP contribution >= 0.6 is 15.9 Å². The Hall–Kier alpha value is -1.40. The number of nitrogens with zero attached hydrogens (tertiary/aromatic N) is 1. The fourth-order valence-electron chi connectivity index (χ4n) is 1.56. The third-order valence-corrected chi connectivity index (χ3v) is 2.92. The molecule has 2 nitrogen and oxygen atoms in total. The molecule has 0 spiro atoms.